The van der Waals surface area contributed by atoms with Gasteiger partial charge in [0.05, 0.1) is 26.0 Å². The standard InChI is InChI=1S/C11H17NO3/c1-15-11-5-3-2-4-10(11)12(6-8-13)7-9-14/h2-5,13-14H,6-9H2,1H3. The number of nitrogens with zero attached hydrogens (tertiary/aromatic N) is 1. The van der Waals surface area contributed by atoms with Crippen LogP contribution >= 0.6 is 0 Å². The number of rotatable bonds is 6. The van der Waals surface area contributed by atoms with Crippen LogP contribution in [0.1, 0.15) is 0 Å². The number of aliphatic hydroxyl groups is 2. The Hall–Kier alpha value is -1.26. The first-order valence-electron chi connectivity index (χ1n) is 4.93. The van der Waals surface area contributed by atoms with E-state index in [1.165, 1.54) is 0 Å². The third-order valence-corrected chi connectivity index (χ3v) is 2.17. The Kier molecular flexibility index (Phi) is 4.93. The van der Waals surface area contributed by atoms with Gasteiger partial charge < -0.3 is 19.8 Å². The number of aliphatic hydroxyl groups excluding tert-OH is 2. The van der Waals surface area contributed by atoms with Crippen molar-refractivity contribution in [2.75, 3.05) is 38.3 Å². The van der Waals surface area contributed by atoms with Crippen molar-refractivity contribution in [3.05, 3.63) is 24.3 Å². The van der Waals surface area contributed by atoms with Crippen LogP contribution in [0.2, 0.25) is 0 Å². The van der Waals surface area contributed by atoms with Gasteiger partial charge in [0.25, 0.3) is 0 Å². The van der Waals surface area contributed by atoms with Crippen molar-refractivity contribution >= 4 is 5.69 Å². The molecule has 1 rings (SSSR count). The zero-order valence-electron chi connectivity index (χ0n) is 8.89. The largest absolute Gasteiger partial charge is 0.495 e. The van der Waals surface area contributed by atoms with Gasteiger partial charge in [0, 0.05) is 13.1 Å². The third kappa shape index (κ3) is 3.11. The summed E-state index contributed by atoms with van der Waals surface area (Å²) in [6.45, 7) is 1.08. The van der Waals surface area contributed by atoms with Gasteiger partial charge in [-0.15, -0.1) is 0 Å². The molecule has 0 saturated heterocycles. The van der Waals surface area contributed by atoms with Crippen molar-refractivity contribution in [3.8, 4) is 5.75 Å². The summed E-state index contributed by atoms with van der Waals surface area (Å²) in [6, 6.07) is 7.55. The number of anilines is 1. The maximum atomic E-state index is 8.92. The first-order chi connectivity index (χ1) is 7.33. The number of benzene rings is 1. The molecule has 0 atom stereocenters. The van der Waals surface area contributed by atoms with Crippen LogP contribution in [0.4, 0.5) is 5.69 Å². The summed E-state index contributed by atoms with van der Waals surface area (Å²) in [5.74, 6) is 0.749. The van der Waals surface area contributed by atoms with Crippen molar-refractivity contribution < 1.29 is 14.9 Å². The quantitative estimate of drug-likeness (QED) is 0.719. The second-order valence-electron chi connectivity index (χ2n) is 3.11. The molecule has 0 unspecified atom stereocenters. The van der Waals surface area contributed by atoms with Gasteiger partial charge in [0.15, 0.2) is 0 Å². The van der Waals surface area contributed by atoms with Gasteiger partial charge in [-0.2, -0.15) is 0 Å². The van der Waals surface area contributed by atoms with Crippen LogP contribution in [0, 0.1) is 0 Å². The molecule has 0 heterocycles. The fraction of sp³-hybridized carbons (Fsp3) is 0.455. The maximum Gasteiger partial charge on any atom is 0.142 e. The molecule has 1 aromatic rings. The van der Waals surface area contributed by atoms with E-state index in [0.29, 0.717) is 13.1 Å². The minimum atomic E-state index is 0.0536. The van der Waals surface area contributed by atoms with Gasteiger partial charge in [0.2, 0.25) is 0 Å². The average Bonchev–Trinajstić information content (AvgIpc) is 2.29. The molecule has 0 aliphatic rings. The highest BCUT2D eigenvalue weighted by Crippen LogP contribution is 2.26. The van der Waals surface area contributed by atoms with Gasteiger partial charge in [-0.1, -0.05) is 12.1 Å². The number of hydrogen-bond acceptors (Lipinski definition) is 4. The zero-order valence-corrected chi connectivity index (χ0v) is 8.89. The zero-order chi connectivity index (χ0) is 11.1. The Morgan fingerprint density at radius 2 is 1.73 bits per heavy atom. The van der Waals surface area contributed by atoms with Crippen LogP contribution in [0.5, 0.6) is 5.75 Å². The van der Waals surface area contributed by atoms with Gasteiger partial charge >= 0.3 is 0 Å². The number of methoxy groups -OCH3 is 1. The van der Waals surface area contributed by atoms with E-state index in [1.807, 2.05) is 29.2 Å². The average molecular weight is 211 g/mol. The van der Waals surface area contributed by atoms with Crippen molar-refractivity contribution in [1.29, 1.82) is 0 Å². The van der Waals surface area contributed by atoms with Gasteiger partial charge in [0.1, 0.15) is 5.75 Å². The van der Waals surface area contributed by atoms with Crippen LogP contribution in [0.25, 0.3) is 0 Å². The minimum Gasteiger partial charge on any atom is -0.495 e. The van der Waals surface area contributed by atoms with E-state index in [0.717, 1.165) is 11.4 Å². The molecule has 0 aromatic heterocycles. The molecule has 0 amide bonds. The van der Waals surface area contributed by atoms with E-state index >= 15 is 0 Å². The fourth-order valence-corrected chi connectivity index (χ4v) is 1.49. The summed E-state index contributed by atoms with van der Waals surface area (Å²) in [6.07, 6.45) is 0. The van der Waals surface area contributed by atoms with Gasteiger partial charge in [-0.05, 0) is 12.1 Å². The molecule has 0 saturated carbocycles. The highest BCUT2D eigenvalue weighted by atomic mass is 16.5. The molecule has 0 fully saturated rings. The molecule has 0 radical (unpaired) electrons. The van der Waals surface area contributed by atoms with E-state index in [9.17, 15) is 0 Å². The fourth-order valence-electron chi connectivity index (χ4n) is 1.49. The van der Waals surface area contributed by atoms with Gasteiger partial charge in [-0.25, -0.2) is 0 Å². The third-order valence-electron chi connectivity index (χ3n) is 2.17. The Morgan fingerprint density at radius 1 is 1.13 bits per heavy atom. The maximum absolute atomic E-state index is 8.92. The molecule has 4 nitrogen and oxygen atoms in total. The minimum absolute atomic E-state index is 0.0536. The monoisotopic (exact) mass is 211 g/mol. The Labute approximate surface area is 89.7 Å². The van der Waals surface area contributed by atoms with Gasteiger partial charge in [-0.3, -0.25) is 0 Å². The molecule has 0 aliphatic heterocycles. The molecule has 0 aliphatic carbocycles. The molecule has 15 heavy (non-hydrogen) atoms. The lowest BCUT2D eigenvalue weighted by Gasteiger charge is -2.24. The molecular formula is C11H17NO3. The lowest BCUT2D eigenvalue weighted by molar-refractivity contribution is 0.280. The van der Waals surface area contributed by atoms with Crippen molar-refractivity contribution in [3.63, 3.8) is 0 Å². The van der Waals surface area contributed by atoms with Crippen LogP contribution < -0.4 is 9.64 Å². The normalized spacial score (nSPS) is 10.1. The Balaban J connectivity index is 2.88. The first-order valence-corrected chi connectivity index (χ1v) is 4.93. The second-order valence-corrected chi connectivity index (χ2v) is 3.11. The second kappa shape index (κ2) is 6.27. The van der Waals surface area contributed by atoms with Crippen LogP contribution in [-0.2, 0) is 0 Å². The molecular weight excluding hydrogens is 194 g/mol. The number of hydrogen-bond donors (Lipinski definition) is 2. The van der Waals surface area contributed by atoms with Crippen molar-refractivity contribution in [1.82, 2.24) is 0 Å². The molecule has 0 bridgehead atoms. The van der Waals surface area contributed by atoms with Crippen molar-refractivity contribution in [2.45, 2.75) is 0 Å². The molecule has 4 heteroatoms. The number of ether oxygens (including phenoxy) is 1. The van der Waals surface area contributed by atoms with E-state index in [4.69, 9.17) is 14.9 Å². The summed E-state index contributed by atoms with van der Waals surface area (Å²) in [5, 5.41) is 17.8. The summed E-state index contributed by atoms with van der Waals surface area (Å²) in [5.41, 5.74) is 0.892. The number of para-hydroxylation sites is 2. The lowest BCUT2D eigenvalue weighted by atomic mass is 10.2. The summed E-state index contributed by atoms with van der Waals surface area (Å²) in [4.78, 5) is 1.89. The molecule has 84 valence electrons. The highest BCUT2D eigenvalue weighted by Gasteiger charge is 2.09. The highest BCUT2D eigenvalue weighted by molar-refractivity contribution is 5.58. The van der Waals surface area contributed by atoms with Crippen LogP contribution in [0.15, 0.2) is 24.3 Å². The Bertz CT molecular complexity index is 285. The SMILES string of the molecule is COc1ccccc1N(CCO)CCO. The van der Waals surface area contributed by atoms with Crippen molar-refractivity contribution in [2.24, 2.45) is 0 Å². The topological polar surface area (TPSA) is 52.9 Å². The predicted molar refractivity (Wildman–Crippen MR) is 59.4 cm³/mol. The van der Waals surface area contributed by atoms with Crippen LogP contribution in [-0.4, -0.2) is 43.6 Å². The van der Waals surface area contributed by atoms with E-state index in [1.54, 1.807) is 7.11 Å². The van der Waals surface area contributed by atoms with E-state index < -0.39 is 0 Å². The smallest absolute Gasteiger partial charge is 0.142 e. The summed E-state index contributed by atoms with van der Waals surface area (Å²) >= 11 is 0. The molecule has 1 aromatic carbocycles. The van der Waals surface area contributed by atoms with E-state index in [-0.39, 0.29) is 13.2 Å². The summed E-state index contributed by atoms with van der Waals surface area (Å²) < 4.78 is 5.21. The van der Waals surface area contributed by atoms with E-state index in [2.05, 4.69) is 0 Å². The molecule has 2 N–H and O–H groups in total. The summed E-state index contributed by atoms with van der Waals surface area (Å²) in [7, 11) is 1.61. The predicted octanol–water partition coefficient (Wildman–Crippen LogP) is 0.486. The first kappa shape index (κ1) is 11.8. The Morgan fingerprint density at radius 3 is 2.27 bits per heavy atom. The lowest BCUT2D eigenvalue weighted by Crippen LogP contribution is -2.29. The van der Waals surface area contributed by atoms with Crippen LogP contribution in [0.3, 0.4) is 0 Å². The molecule has 0 spiro atoms.